The maximum Gasteiger partial charge on any atom is 0.338 e. The molecule has 2 radical (unpaired) electrons. The Morgan fingerprint density at radius 1 is 1.26 bits per heavy atom. The van der Waals surface area contributed by atoms with Crippen LogP contribution in [-0.2, 0) is 10.5 Å². The quantitative estimate of drug-likeness (QED) is 0.430. The maximum absolute atomic E-state index is 12.0. The normalized spacial score (nSPS) is 11.5. The number of benzene rings is 1. The lowest BCUT2D eigenvalue weighted by atomic mass is 9.82. The third-order valence-corrected chi connectivity index (χ3v) is 3.99. The molecule has 0 saturated heterocycles. The minimum atomic E-state index is -2.59. The fraction of sp³-hybridized carbons (Fsp3) is 0.167. The standard InChI is InChI=1S/C18H16BN3O5/c1-22(9-14(20)23)15-7-6-11-12(8-16(24)27-17(11)21-15)10-4-2-3-5-13(10)18(19,25)26/h2-8,25-26H,9H2,1H3,(H2,20,23). The second-order valence-corrected chi connectivity index (χ2v) is 6.10. The molecule has 136 valence electrons. The van der Waals surface area contributed by atoms with Crippen molar-refractivity contribution in [2.45, 2.75) is 5.69 Å². The molecule has 3 rings (SSSR count). The number of aliphatic hydroxyl groups is 2. The number of aromatic nitrogens is 1. The second-order valence-electron chi connectivity index (χ2n) is 6.10. The molecule has 0 aliphatic rings. The minimum Gasteiger partial charge on any atom is -0.404 e. The van der Waals surface area contributed by atoms with Gasteiger partial charge < -0.3 is 25.3 Å². The number of carbonyl (C=O) groups excluding carboxylic acids is 1. The molecular formula is C18H16BN3O5. The van der Waals surface area contributed by atoms with Crippen molar-refractivity contribution >= 4 is 30.7 Å². The van der Waals surface area contributed by atoms with E-state index in [2.05, 4.69) is 4.98 Å². The first-order chi connectivity index (χ1) is 12.7. The van der Waals surface area contributed by atoms with Gasteiger partial charge in [0.15, 0.2) is 7.85 Å². The zero-order valence-electron chi connectivity index (χ0n) is 14.4. The van der Waals surface area contributed by atoms with Crippen molar-refractivity contribution < 1.29 is 19.4 Å². The van der Waals surface area contributed by atoms with Crippen LogP contribution in [-0.4, -0.2) is 42.5 Å². The number of nitrogens with zero attached hydrogens (tertiary/aromatic N) is 2. The van der Waals surface area contributed by atoms with Gasteiger partial charge in [0.1, 0.15) is 11.5 Å². The largest absolute Gasteiger partial charge is 0.404 e. The molecule has 1 amide bonds. The van der Waals surface area contributed by atoms with E-state index in [-0.39, 0.29) is 17.8 Å². The molecular weight excluding hydrogens is 349 g/mol. The highest BCUT2D eigenvalue weighted by molar-refractivity contribution is 6.14. The van der Waals surface area contributed by atoms with Gasteiger partial charge in [-0.2, -0.15) is 4.98 Å². The van der Waals surface area contributed by atoms with Crippen molar-refractivity contribution in [3.8, 4) is 11.1 Å². The van der Waals surface area contributed by atoms with Gasteiger partial charge in [-0.1, -0.05) is 24.3 Å². The highest BCUT2D eigenvalue weighted by Gasteiger charge is 2.23. The van der Waals surface area contributed by atoms with Gasteiger partial charge in [0.2, 0.25) is 11.6 Å². The van der Waals surface area contributed by atoms with Gasteiger partial charge in [-0.25, -0.2) is 4.79 Å². The average Bonchev–Trinajstić information content (AvgIpc) is 2.59. The van der Waals surface area contributed by atoms with Gasteiger partial charge in [0, 0.05) is 29.6 Å². The summed E-state index contributed by atoms with van der Waals surface area (Å²) in [6, 6.07) is 10.8. The Labute approximate surface area is 155 Å². The number of primary amides is 1. The Hall–Kier alpha value is -3.17. The van der Waals surface area contributed by atoms with Crippen molar-refractivity contribution in [1.82, 2.24) is 4.98 Å². The lowest BCUT2D eigenvalue weighted by molar-refractivity contribution is -0.116. The molecule has 0 bridgehead atoms. The molecule has 2 aromatic heterocycles. The Morgan fingerprint density at radius 2 is 1.96 bits per heavy atom. The molecule has 27 heavy (non-hydrogen) atoms. The first-order valence-corrected chi connectivity index (χ1v) is 7.94. The van der Waals surface area contributed by atoms with Crippen LogP contribution in [0.15, 0.2) is 51.7 Å². The van der Waals surface area contributed by atoms with E-state index in [1.165, 1.54) is 17.0 Å². The van der Waals surface area contributed by atoms with Crippen LogP contribution in [0.3, 0.4) is 0 Å². The summed E-state index contributed by atoms with van der Waals surface area (Å²) < 4.78 is 5.18. The summed E-state index contributed by atoms with van der Waals surface area (Å²) in [6.07, 6.45) is 0. The number of amides is 1. The van der Waals surface area contributed by atoms with Crippen LogP contribution in [0, 0.1) is 0 Å². The summed E-state index contributed by atoms with van der Waals surface area (Å²) in [5.41, 5.74) is 2.70. The van der Waals surface area contributed by atoms with Crippen molar-refractivity contribution in [3.63, 3.8) is 0 Å². The molecule has 9 heteroatoms. The Balaban J connectivity index is 2.22. The topological polar surface area (TPSA) is 130 Å². The Bertz CT molecular complexity index is 1070. The molecule has 0 aliphatic carbocycles. The summed E-state index contributed by atoms with van der Waals surface area (Å²) >= 11 is 0. The summed E-state index contributed by atoms with van der Waals surface area (Å²) in [5, 5.41) is 20.1. The van der Waals surface area contributed by atoms with Crippen LogP contribution in [0.5, 0.6) is 0 Å². The summed E-state index contributed by atoms with van der Waals surface area (Å²) in [5.74, 6) is -0.152. The average molecular weight is 365 g/mol. The van der Waals surface area contributed by atoms with E-state index >= 15 is 0 Å². The van der Waals surface area contributed by atoms with Gasteiger partial charge >= 0.3 is 5.63 Å². The lowest BCUT2D eigenvalue weighted by Crippen LogP contribution is -2.31. The Kier molecular flexibility index (Phi) is 4.73. The SMILES string of the molecule is [B]C(O)(O)c1ccccc1-c1cc(=O)oc2nc(N(C)CC(N)=O)ccc12. The monoisotopic (exact) mass is 365 g/mol. The van der Waals surface area contributed by atoms with Crippen LogP contribution in [0.1, 0.15) is 5.56 Å². The minimum absolute atomic E-state index is 0.0202. The number of rotatable bonds is 5. The van der Waals surface area contributed by atoms with Gasteiger partial charge in [0.25, 0.3) is 0 Å². The molecule has 2 heterocycles. The molecule has 0 spiro atoms. The van der Waals surface area contributed by atoms with Crippen molar-refractivity contribution in [1.29, 1.82) is 0 Å². The van der Waals surface area contributed by atoms with E-state index in [9.17, 15) is 19.8 Å². The van der Waals surface area contributed by atoms with E-state index in [1.54, 1.807) is 37.4 Å². The van der Waals surface area contributed by atoms with Gasteiger partial charge in [-0.05, 0) is 17.7 Å². The fourth-order valence-corrected chi connectivity index (χ4v) is 2.82. The van der Waals surface area contributed by atoms with Gasteiger partial charge in [0.05, 0.1) is 6.54 Å². The third-order valence-electron chi connectivity index (χ3n) is 3.99. The number of anilines is 1. The van der Waals surface area contributed by atoms with E-state index < -0.39 is 17.2 Å². The number of hydrogen-bond donors (Lipinski definition) is 3. The van der Waals surface area contributed by atoms with Crippen LogP contribution in [0.2, 0.25) is 0 Å². The van der Waals surface area contributed by atoms with Crippen molar-refractivity contribution in [3.05, 3.63) is 58.4 Å². The van der Waals surface area contributed by atoms with E-state index in [0.29, 0.717) is 22.3 Å². The summed E-state index contributed by atoms with van der Waals surface area (Å²) in [4.78, 5) is 28.9. The second kappa shape index (κ2) is 6.86. The smallest absolute Gasteiger partial charge is 0.338 e. The molecule has 0 fully saturated rings. The van der Waals surface area contributed by atoms with Crippen molar-refractivity contribution in [2.24, 2.45) is 5.73 Å². The van der Waals surface area contributed by atoms with Crippen LogP contribution >= 0.6 is 0 Å². The zero-order chi connectivity index (χ0) is 19.8. The van der Waals surface area contributed by atoms with Crippen LogP contribution in [0.4, 0.5) is 5.82 Å². The molecule has 0 saturated carbocycles. The molecule has 0 aliphatic heterocycles. The molecule has 4 N–H and O–H groups in total. The first-order valence-electron chi connectivity index (χ1n) is 7.94. The predicted molar refractivity (Wildman–Crippen MR) is 100 cm³/mol. The predicted octanol–water partition coefficient (Wildman–Crippen LogP) is 0.0399. The third kappa shape index (κ3) is 3.84. The van der Waals surface area contributed by atoms with Crippen molar-refractivity contribution in [2.75, 3.05) is 18.5 Å². The fourth-order valence-electron chi connectivity index (χ4n) is 2.82. The maximum atomic E-state index is 12.0. The highest BCUT2D eigenvalue weighted by atomic mass is 16.5. The number of likely N-dealkylation sites (N-methyl/N-ethyl adjacent to an activating group) is 1. The zero-order valence-corrected chi connectivity index (χ0v) is 14.4. The molecule has 1 aromatic carbocycles. The molecule has 8 nitrogen and oxygen atoms in total. The summed E-state index contributed by atoms with van der Waals surface area (Å²) in [7, 11) is 7.05. The molecule has 0 unspecified atom stereocenters. The number of carbonyl (C=O) groups is 1. The van der Waals surface area contributed by atoms with Gasteiger partial charge in [-0.15, -0.1) is 0 Å². The summed E-state index contributed by atoms with van der Waals surface area (Å²) in [6.45, 7) is -0.0595. The first kappa shape index (κ1) is 18.6. The van der Waals surface area contributed by atoms with Crippen LogP contribution in [0.25, 0.3) is 22.2 Å². The van der Waals surface area contributed by atoms with Gasteiger partial charge in [-0.3, -0.25) is 4.79 Å². The van der Waals surface area contributed by atoms with E-state index in [0.717, 1.165) is 0 Å². The number of pyridine rings is 1. The van der Waals surface area contributed by atoms with Crippen LogP contribution < -0.4 is 16.3 Å². The molecule has 0 atom stereocenters. The lowest BCUT2D eigenvalue weighted by Gasteiger charge is -2.21. The number of nitrogens with two attached hydrogens (primary N) is 1. The number of fused-ring (bicyclic) bond motifs is 1. The van der Waals surface area contributed by atoms with E-state index in [4.69, 9.17) is 18.0 Å². The highest BCUT2D eigenvalue weighted by Crippen LogP contribution is 2.33. The van der Waals surface area contributed by atoms with E-state index in [1.807, 2.05) is 0 Å². The number of hydrogen-bond acceptors (Lipinski definition) is 7. The molecule has 3 aromatic rings. The Morgan fingerprint density at radius 3 is 2.63 bits per heavy atom.